The number of hydrogen-bond donors (Lipinski definition) is 3. The van der Waals surface area contributed by atoms with E-state index in [1.54, 1.807) is 12.1 Å². The highest BCUT2D eigenvalue weighted by molar-refractivity contribution is 7.90. The van der Waals surface area contributed by atoms with Gasteiger partial charge in [-0.15, -0.1) is 0 Å². The number of carbonyl (C=O) groups is 3. The largest absolute Gasteiger partial charge is 0.457 e. The minimum atomic E-state index is -3.93. The molecule has 1 aromatic heterocycles. The van der Waals surface area contributed by atoms with Gasteiger partial charge >= 0.3 is 0 Å². The van der Waals surface area contributed by atoms with Crippen LogP contribution >= 0.6 is 12.2 Å². The lowest BCUT2D eigenvalue weighted by Gasteiger charge is -2.15. The van der Waals surface area contributed by atoms with E-state index >= 15 is 0 Å². The first-order valence-corrected chi connectivity index (χ1v) is 9.67. The van der Waals surface area contributed by atoms with Crippen molar-refractivity contribution in [2.75, 3.05) is 0 Å². The van der Waals surface area contributed by atoms with Crippen molar-refractivity contribution in [3.05, 3.63) is 47.7 Å². The van der Waals surface area contributed by atoms with E-state index in [1.807, 2.05) is 4.72 Å². The van der Waals surface area contributed by atoms with E-state index < -0.39 is 27.7 Å². The molecule has 1 fully saturated rings. The maximum absolute atomic E-state index is 12.0. The number of sulfonamides is 1. The van der Waals surface area contributed by atoms with E-state index in [0.717, 1.165) is 6.92 Å². The maximum atomic E-state index is 12.0. The Bertz CT molecular complexity index is 1110. The zero-order valence-corrected chi connectivity index (χ0v) is 15.9. The Morgan fingerprint density at radius 2 is 1.68 bits per heavy atom. The summed E-state index contributed by atoms with van der Waals surface area (Å²) in [5.74, 6) is -1.33. The molecule has 9 nitrogen and oxygen atoms in total. The van der Waals surface area contributed by atoms with Crippen molar-refractivity contribution in [1.82, 2.24) is 15.4 Å². The number of carbonyl (C=O) groups excluding carboxylic acids is 3. The van der Waals surface area contributed by atoms with Gasteiger partial charge in [0, 0.05) is 12.5 Å². The van der Waals surface area contributed by atoms with Crippen LogP contribution in [0.5, 0.6) is 0 Å². The SMILES string of the molecule is CC(=O)NS(=O)(=O)c1ccc(-c2ccc(C=C3C(=O)NC(=S)NC3=O)o2)cc1. The molecule has 0 bridgehead atoms. The fraction of sp³-hybridized carbons (Fsp3) is 0.0588. The Balaban J connectivity index is 1.84. The van der Waals surface area contributed by atoms with E-state index in [4.69, 9.17) is 16.6 Å². The zero-order valence-electron chi connectivity index (χ0n) is 14.3. The fourth-order valence-electron chi connectivity index (χ4n) is 2.38. The molecule has 3 rings (SSSR count). The number of amides is 3. The Kier molecular flexibility index (Phi) is 5.12. The van der Waals surface area contributed by atoms with E-state index in [1.165, 1.54) is 30.3 Å². The molecule has 0 atom stereocenters. The molecule has 28 heavy (non-hydrogen) atoms. The summed E-state index contributed by atoms with van der Waals surface area (Å²) < 4.78 is 31.4. The van der Waals surface area contributed by atoms with Crippen LogP contribution in [0, 0.1) is 0 Å². The highest BCUT2D eigenvalue weighted by Crippen LogP contribution is 2.25. The van der Waals surface area contributed by atoms with Crippen molar-refractivity contribution < 1.29 is 27.2 Å². The van der Waals surface area contributed by atoms with Gasteiger partial charge in [0.15, 0.2) is 5.11 Å². The Hall–Kier alpha value is -3.31. The summed E-state index contributed by atoms with van der Waals surface area (Å²) in [7, 11) is -3.93. The minimum Gasteiger partial charge on any atom is -0.457 e. The quantitative estimate of drug-likeness (QED) is 0.377. The number of rotatable bonds is 4. The average molecular weight is 419 g/mol. The van der Waals surface area contributed by atoms with E-state index in [0.29, 0.717) is 11.3 Å². The summed E-state index contributed by atoms with van der Waals surface area (Å²) in [6.07, 6.45) is 1.27. The number of hydrogen-bond acceptors (Lipinski definition) is 7. The van der Waals surface area contributed by atoms with Gasteiger partial charge in [0.05, 0.1) is 4.90 Å². The monoisotopic (exact) mass is 419 g/mol. The molecular weight excluding hydrogens is 406 g/mol. The van der Waals surface area contributed by atoms with E-state index in [9.17, 15) is 22.8 Å². The Morgan fingerprint density at radius 3 is 2.25 bits per heavy atom. The van der Waals surface area contributed by atoms with Crippen LogP contribution in [0.1, 0.15) is 12.7 Å². The first-order valence-electron chi connectivity index (χ1n) is 7.78. The Morgan fingerprint density at radius 1 is 1.07 bits per heavy atom. The summed E-state index contributed by atoms with van der Waals surface area (Å²) in [6.45, 7) is 1.10. The van der Waals surface area contributed by atoms with Gasteiger partial charge in [-0.1, -0.05) is 0 Å². The number of nitrogens with one attached hydrogen (secondary N) is 3. The van der Waals surface area contributed by atoms with Crippen molar-refractivity contribution in [3.8, 4) is 11.3 Å². The molecular formula is C17H13N3O6S2. The van der Waals surface area contributed by atoms with Crippen LogP contribution in [-0.4, -0.2) is 31.3 Å². The second kappa shape index (κ2) is 7.37. The fourth-order valence-corrected chi connectivity index (χ4v) is 3.56. The first-order chi connectivity index (χ1) is 13.2. The van der Waals surface area contributed by atoms with Crippen molar-refractivity contribution >= 4 is 51.2 Å². The average Bonchev–Trinajstić information content (AvgIpc) is 3.06. The highest BCUT2D eigenvalue weighted by Gasteiger charge is 2.26. The zero-order chi connectivity index (χ0) is 20.5. The standard InChI is InChI=1S/C17H13N3O6S2/c1-9(21)20-28(24,25)12-5-2-10(3-6-12)14-7-4-11(26-14)8-13-15(22)18-17(27)19-16(13)23/h2-8H,1H3,(H,20,21)(H2,18,19,22,23,27). The number of benzene rings is 1. The molecule has 0 unspecified atom stereocenters. The summed E-state index contributed by atoms with van der Waals surface area (Å²) in [4.78, 5) is 34.6. The topological polar surface area (TPSA) is 135 Å². The van der Waals surface area contributed by atoms with Crippen LogP contribution in [0.4, 0.5) is 0 Å². The van der Waals surface area contributed by atoms with Gasteiger partial charge in [-0.2, -0.15) is 0 Å². The Labute approximate surface area is 164 Å². The number of furan rings is 1. The molecule has 1 saturated heterocycles. The summed E-state index contributed by atoms with van der Waals surface area (Å²) >= 11 is 4.72. The molecule has 1 aromatic carbocycles. The van der Waals surface area contributed by atoms with Crippen molar-refractivity contribution in [2.24, 2.45) is 0 Å². The predicted octanol–water partition coefficient (Wildman–Crippen LogP) is 0.686. The second-order valence-electron chi connectivity index (χ2n) is 5.68. The normalized spacial score (nSPS) is 14.3. The van der Waals surface area contributed by atoms with Gasteiger partial charge in [0.1, 0.15) is 17.1 Å². The summed E-state index contributed by atoms with van der Waals surface area (Å²) in [5.41, 5.74) is 0.399. The van der Waals surface area contributed by atoms with E-state index in [-0.39, 0.29) is 21.3 Å². The van der Waals surface area contributed by atoms with Crippen molar-refractivity contribution in [1.29, 1.82) is 0 Å². The number of thiocarbonyl (C=S) groups is 1. The molecule has 3 N–H and O–H groups in total. The third-order valence-corrected chi connectivity index (χ3v) is 5.24. The van der Waals surface area contributed by atoms with Gasteiger partial charge in [0.25, 0.3) is 21.8 Å². The molecule has 2 aromatic rings. The molecule has 2 heterocycles. The molecule has 0 spiro atoms. The van der Waals surface area contributed by atoms with E-state index in [2.05, 4.69) is 10.6 Å². The lowest BCUT2D eigenvalue weighted by atomic mass is 10.1. The van der Waals surface area contributed by atoms with Gasteiger partial charge in [-0.3, -0.25) is 25.0 Å². The molecule has 0 saturated carbocycles. The van der Waals surface area contributed by atoms with Gasteiger partial charge in [-0.25, -0.2) is 13.1 Å². The van der Waals surface area contributed by atoms with Crippen LogP contribution in [0.15, 0.2) is 51.3 Å². The summed E-state index contributed by atoms with van der Waals surface area (Å²) in [6, 6.07) is 8.81. The molecule has 0 aliphatic carbocycles. The van der Waals surface area contributed by atoms with Gasteiger partial charge in [-0.05, 0) is 54.7 Å². The van der Waals surface area contributed by atoms with Crippen molar-refractivity contribution in [3.63, 3.8) is 0 Å². The minimum absolute atomic E-state index is 0.0680. The molecule has 0 radical (unpaired) electrons. The highest BCUT2D eigenvalue weighted by atomic mass is 32.2. The first kappa shape index (κ1) is 19.5. The van der Waals surface area contributed by atoms with Crippen LogP contribution in [0.25, 0.3) is 17.4 Å². The molecule has 1 aliphatic rings. The lowest BCUT2D eigenvalue weighted by molar-refractivity contribution is -0.123. The maximum Gasteiger partial charge on any atom is 0.264 e. The van der Waals surface area contributed by atoms with Crippen LogP contribution in [0.3, 0.4) is 0 Å². The van der Waals surface area contributed by atoms with Crippen molar-refractivity contribution in [2.45, 2.75) is 11.8 Å². The predicted molar refractivity (Wildman–Crippen MR) is 102 cm³/mol. The van der Waals surface area contributed by atoms with Gasteiger partial charge in [0.2, 0.25) is 5.91 Å². The van der Waals surface area contributed by atoms with Gasteiger partial charge < -0.3 is 4.42 Å². The summed E-state index contributed by atoms with van der Waals surface area (Å²) in [5, 5.41) is 4.56. The third kappa shape index (κ3) is 4.15. The smallest absolute Gasteiger partial charge is 0.264 e. The van der Waals surface area contributed by atoms with Crippen LogP contribution in [0.2, 0.25) is 0 Å². The molecule has 11 heteroatoms. The lowest BCUT2D eigenvalue weighted by Crippen LogP contribution is -2.51. The second-order valence-corrected chi connectivity index (χ2v) is 7.77. The molecule has 1 aliphatic heterocycles. The molecule has 3 amide bonds. The molecule has 144 valence electrons. The van der Waals surface area contributed by atoms with Crippen LogP contribution in [-0.2, 0) is 24.4 Å². The van der Waals surface area contributed by atoms with Crippen LogP contribution < -0.4 is 15.4 Å². The third-order valence-electron chi connectivity index (χ3n) is 3.58.